The van der Waals surface area contributed by atoms with E-state index in [0.717, 1.165) is 37.6 Å². The summed E-state index contributed by atoms with van der Waals surface area (Å²) in [6.07, 6.45) is 5.15. The predicted molar refractivity (Wildman–Crippen MR) is 93.6 cm³/mol. The third-order valence-electron chi connectivity index (χ3n) is 4.89. The van der Waals surface area contributed by atoms with Crippen LogP contribution in [0.4, 0.5) is 0 Å². The van der Waals surface area contributed by atoms with Gasteiger partial charge in [-0.2, -0.15) is 0 Å². The first-order valence-corrected chi connectivity index (χ1v) is 9.12. The van der Waals surface area contributed by atoms with Crippen LogP contribution in [-0.2, 0) is 13.0 Å². The van der Waals surface area contributed by atoms with Gasteiger partial charge in [-0.1, -0.05) is 30.2 Å². The fourth-order valence-corrected chi connectivity index (χ4v) is 3.72. The quantitative estimate of drug-likeness (QED) is 0.899. The van der Waals surface area contributed by atoms with Crippen molar-refractivity contribution in [3.63, 3.8) is 0 Å². The van der Waals surface area contributed by atoms with Crippen molar-refractivity contribution in [2.75, 3.05) is 45.8 Å². The first kappa shape index (κ1) is 16.3. The van der Waals surface area contributed by atoms with Gasteiger partial charge in [-0.25, -0.2) is 0 Å². The summed E-state index contributed by atoms with van der Waals surface area (Å²) in [6.45, 7) is 9.18. The van der Waals surface area contributed by atoms with Crippen LogP contribution in [0.1, 0.15) is 30.4 Å². The zero-order valence-corrected chi connectivity index (χ0v) is 14.2. The lowest BCUT2D eigenvalue weighted by Crippen LogP contribution is -2.44. The number of benzene rings is 1. The Kier molecular flexibility index (Phi) is 6.13. The molecule has 2 aliphatic rings. The number of likely N-dealkylation sites (tertiary alicyclic amines) is 1. The van der Waals surface area contributed by atoms with Gasteiger partial charge in [0.1, 0.15) is 0 Å². The minimum absolute atomic E-state index is 0.948. The molecule has 1 N–H and O–H groups in total. The zero-order chi connectivity index (χ0) is 15.2. The van der Waals surface area contributed by atoms with E-state index in [9.17, 15) is 0 Å². The lowest BCUT2D eigenvalue weighted by atomic mass is 10.1. The van der Waals surface area contributed by atoms with Crippen molar-refractivity contribution in [2.45, 2.75) is 32.2 Å². The van der Waals surface area contributed by atoms with E-state index in [-0.39, 0.29) is 0 Å². The number of piperidine rings is 1. The average molecular weight is 322 g/mol. The molecular weight excluding hydrogens is 294 g/mol. The Morgan fingerprint density at radius 2 is 1.73 bits per heavy atom. The second-order valence-electron chi connectivity index (χ2n) is 6.60. The maximum atomic E-state index is 6.52. The molecular formula is C18H28ClN3. The molecule has 2 aliphatic heterocycles. The van der Waals surface area contributed by atoms with Crippen LogP contribution in [0.2, 0.25) is 5.02 Å². The van der Waals surface area contributed by atoms with Gasteiger partial charge in [-0.05, 0) is 49.5 Å². The summed E-state index contributed by atoms with van der Waals surface area (Å²) in [6, 6.07) is 6.69. The maximum Gasteiger partial charge on any atom is 0.0453 e. The Morgan fingerprint density at radius 1 is 0.955 bits per heavy atom. The van der Waals surface area contributed by atoms with E-state index >= 15 is 0 Å². The molecule has 0 saturated carbocycles. The number of halogens is 1. The van der Waals surface area contributed by atoms with Gasteiger partial charge in [0.25, 0.3) is 0 Å². The highest BCUT2D eigenvalue weighted by Gasteiger charge is 2.13. The van der Waals surface area contributed by atoms with Crippen molar-refractivity contribution >= 4 is 11.6 Å². The van der Waals surface area contributed by atoms with Crippen LogP contribution in [0.3, 0.4) is 0 Å². The van der Waals surface area contributed by atoms with Crippen molar-refractivity contribution in [3.8, 4) is 0 Å². The van der Waals surface area contributed by atoms with Gasteiger partial charge in [-0.15, -0.1) is 0 Å². The fraction of sp³-hybridized carbons (Fsp3) is 0.667. The number of nitrogens with zero attached hydrogens (tertiary/aromatic N) is 2. The summed E-state index contributed by atoms with van der Waals surface area (Å²) in [5, 5.41) is 4.35. The second kappa shape index (κ2) is 8.30. The monoisotopic (exact) mass is 321 g/mol. The molecule has 3 nitrogen and oxygen atoms in total. The van der Waals surface area contributed by atoms with Gasteiger partial charge in [0, 0.05) is 44.3 Å². The van der Waals surface area contributed by atoms with Crippen molar-refractivity contribution in [1.29, 1.82) is 0 Å². The Hall–Kier alpha value is -0.610. The lowest BCUT2D eigenvalue weighted by molar-refractivity contribution is 0.221. The third-order valence-corrected chi connectivity index (χ3v) is 5.24. The molecule has 2 fully saturated rings. The minimum Gasteiger partial charge on any atom is -0.314 e. The average Bonchev–Trinajstić information content (AvgIpc) is 2.57. The molecule has 0 aliphatic carbocycles. The molecule has 4 heteroatoms. The van der Waals surface area contributed by atoms with E-state index in [0.29, 0.717) is 0 Å². The van der Waals surface area contributed by atoms with Crippen LogP contribution in [0.5, 0.6) is 0 Å². The van der Waals surface area contributed by atoms with Gasteiger partial charge >= 0.3 is 0 Å². The van der Waals surface area contributed by atoms with Gasteiger partial charge < -0.3 is 10.2 Å². The van der Waals surface area contributed by atoms with Crippen LogP contribution in [0.15, 0.2) is 18.2 Å². The fourth-order valence-electron chi connectivity index (χ4n) is 3.45. The summed E-state index contributed by atoms with van der Waals surface area (Å²) in [7, 11) is 0. The van der Waals surface area contributed by atoms with Gasteiger partial charge in [0.2, 0.25) is 0 Å². The molecule has 0 aromatic heterocycles. The number of hydrogen-bond donors (Lipinski definition) is 1. The highest BCUT2D eigenvalue weighted by molar-refractivity contribution is 6.31. The molecule has 0 spiro atoms. The first-order chi connectivity index (χ1) is 10.8. The summed E-state index contributed by atoms with van der Waals surface area (Å²) < 4.78 is 0. The van der Waals surface area contributed by atoms with Gasteiger partial charge in [0.15, 0.2) is 0 Å². The van der Waals surface area contributed by atoms with Crippen LogP contribution in [0, 0.1) is 0 Å². The molecule has 0 amide bonds. The second-order valence-corrected chi connectivity index (χ2v) is 7.01. The largest absolute Gasteiger partial charge is 0.314 e. The molecule has 2 saturated heterocycles. The molecule has 0 bridgehead atoms. The molecule has 1 aromatic carbocycles. The molecule has 3 rings (SSSR count). The Balaban J connectivity index is 1.52. The summed E-state index contributed by atoms with van der Waals surface area (Å²) >= 11 is 6.52. The molecule has 22 heavy (non-hydrogen) atoms. The van der Waals surface area contributed by atoms with Crippen LogP contribution < -0.4 is 5.32 Å². The molecule has 1 aromatic rings. The van der Waals surface area contributed by atoms with Crippen LogP contribution in [0.25, 0.3) is 0 Å². The Labute approximate surface area is 139 Å². The number of rotatable bonds is 5. The minimum atomic E-state index is 0.948. The smallest absolute Gasteiger partial charge is 0.0453 e. The van der Waals surface area contributed by atoms with E-state index in [2.05, 4.69) is 33.3 Å². The van der Waals surface area contributed by atoms with Crippen molar-refractivity contribution in [2.24, 2.45) is 0 Å². The predicted octanol–water partition coefficient (Wildman–Crippen LogP) is 2.77. The SMILES string of the molecule is Clc1cc(CCN2CCNCC2)ccc1CN1CCCCC1. The highest BCUT2D eigenvalue weighted by Crippen LogP contribution is 2.22. The topological polar surface area (TPSA) is 18.5 Å². The van der Waals surface area contributed by atoms with E-state index in [1.807, 2.05) is 0 Å². The Morgan fingerprint density at radius 3 is 2.45 bits per heavy atom. The Bertz CT molecular complexity index is 465. The molecule has 0 radical (unpaired) electrons. The number of nitrogens with one attached hydrogen (secondary N) is 1. The molecule has 0 unspecified atom stereocenters. The van der Waals surface area contributed by atoms with Gasteiger partial charge in [-0.3, -0.25) is 4.90 Å². The number of hydrogen-bond acceptors (Lipinski definition) is 3. The molecule has 122 valence electrons. The van der Waals surface area contributed by atoms with Crippen molar-refractivity contribution < 1.29 is 0 Å². The lowest BCUT2D eigenvalue weighted by Gasteiger charge is -2.27. The molecule has 2 heterocycles. The molecule has 0 atom stereocenters. The maximum absolute atomic E-state index is 6.52. The van der Waals surface area contributed by atoms with Gasteiger partial charge in [0.05, 0.1) is 0 Å². The zero-order valence-electron chi connectivity index (χ0n) is 13.5. The summed E-state index contributed by atoms with van der Waals surface area (Å²) in [5.74, 6) is 0. The van der Waals surface area contributed by atoms with Crippen molar-refractivity contribution in [1.82, 2.24) is 15.1 Å². The van der Waals surface area contributed by atoms with Crippen LogP contribution in [-0.4, -0.2) is 55.6 Å². The van der Waals surface area contributed by atoms with E-state index in [4.69, 9.17) is 11.6 Å². The van der Waals surface area contributed by atoms with Crippen molar-refractivity contribution in [3.05, 3.63) is 34.3 Å². The van der Waals surface area contributed by atoms with E-state index in [1.165, 1.54) is 56.6 Å². The highest BCUT2D eigenvalue weighted by atomic mass is 35.5. The third kappa shape index (κ3) is 4.69. The summed E-state index contributed by atoms with van der Waals surface area (Å²) in [5.41, 5.74) is 2.65. The standard InChI is InChI=1S/C18H28ClN3/c19-18-14-16(6-11-21-12-7-20-8-13-21)4-5-17(18)15-22-9-2-1-3-10-22/h4-5,14,20H,1-3,6-13,15H2. The normalized spacial score (nSPS) is 21.1. The van der Waals surface area contributed by atoms with E-state index < -0.39 is 0 Å². The van der Waals surface area contributed by atoms with Crippen LogP contribution >= 0.6 is 11.6 Å². The summed E-state index contributed by atoms with van der Waals surface area (Å²) in [4.78, 5) is 5.07. The van der Waals surface area contributed by atoms with E-state index in [1.54, 1.807) is 0 Å². The number of piperazine rings is 1. The first-order valence-electron chi connectivity index (χ1n) is 8.74.